The highest BCUT2D eigenvalue weighted by atomic mass is 32.1. The molecule has 0 bridgehead atoms. The first-order valence-electron chi connectivity index (χ1n) is 17.4. The van der Waals surface area contributed by atoms with E-state index in [0.717, 1.165) is 0 Å². The molecular formula is C48H30N2S. The fraction of sp³-hybridized carbons (Fsp3) is 0. The molecule has 11 rings (SSSR count). The summed E-state index contributed by atoms with van der Waals surface area (Å²) in [6.07, 6.45) is 0. The molecule has 11 aromatic rings. The Morgan fingerprint density at radius 1 is 0.314 bits per heavy atom. The summed E-state index contributed by atoms with van der Waals surface area (Å²) in [5.74, 6) is 0. The third-order valence-corrected chi connectivity index (χ3v) is 11.7. The molecular weight excluding hydrogens is 637 g/mol. The number of para-hydroxylation sites is 2. The zero-order chi connectivity index (χ0) is 33.5. The lowest BCUT2D eigenvalue weighted by atomic mass is 10.1. The monoisotopic (exact) mass is 666 g/mol. The summed E-state index contributed by atoms with van der Waals surface area (Å²) in [5, 5.41) is 7.78. The Labute approximate surface area is 298 Å². The van der Waals surface area contributed by atoms with Crippen molar-refractivity contribution in [1.29, 1.82) is 0 Å². The summed E-state index contributed by atoms with van der Waals surface area (Å²) in [7, 11) is 0. The highest BCUT2D eigenvalue weighted by Gasteiger charge is 2.20. The first-order valence-corrected chi connectivity index (χ1v) is 18.3. The summed E-state index contributed by atoms with van der Waals surface area (Å²) < 4.78 is 7.53. The summed E-state index contributed by atoms with van der Waals surface area (Å²) >= 11 is 1.92. The zero-order valence-electron chi connectivity index (χ0n) is 27.6. The predicted molar refractivity (Wildman–Crippen MR) is 219 cm³/mol. The van der Waals surface area contributed by atoms with Gasteiger partial charge in [-0.15, -0.1) is 11.3 Å². The number of hydrogen-bond donors (Lipinski definition) is 0. The van der Waals surface area contributed by atoms with Crippen molar-refractivity contribution in [3.63, 3.8) is 0 Å². The van der Waals surface area contributed by atoms with Gasteiger partial charge in [0, 0.05) is 53.1 Å². The molecule has 0 radical (unpaired) electrons. The van der Waals surface area contributed by atoms with Crippen LogP contribution in [0.3, 0.4) is 0 Å². The minimum absolute atomic E-state index is 1.17. The highest BCUT2D eigenvalue weighted by Crippen LogP contribution is 2.46. The Bertz CT molecular complexity index is 3110. The maximum Gasteiger partial charge on any atom is 0.0555 e. The molecule has 0 aliphatic carbocycles. The van der Waals surface area contributed by atoms with Gasteiger partial charge in [0.05, 0.1) is 22.1 Å². The van der Waals surface area contributed by atoms with Crippen molar-refractivity contribution in [2.24, 2.45) is 0 Å². The molecule has 0 aliphatic rings. The lowest BCUT2D eigenvalue weighted by molar-refractivity contribution is 1.18. The van der Waals surface area contributed by atoms with Gasteiger partial charge in [-0.3, -0.25) is 0 Å². The maximum atomic E-state index is 2.44. The van der Waals surface area contributed by atoms with E-state index in [4.69, 9.17) is 0 Å². The van der Waals surface area contributed by atoms with Crippen LogP contribution in [0.15, 0.2) is 182 Å². The molecule has 0 amide bonds. The summed E-state index contributed by atoms with van der Waals surface area (Å²) in [6.45, 7) is 0. The van der Waals surface area contributed by atoms with Crippen molar-refractivity contribution < 1.29 is 0 Å². The van der Waals surface area contributed by atoms with Crippen LogP contribution in [0, 0.1) is 0 Å². The van der Waals surface area contributed by atoms with Gasteiger partial charge in [-0.05, 0) is 76.9 Å². The fourth-order valence-corrected chi connectivity index (χ4v) is 9.47. The first-order chi connectivity index (χ1) is 25.3. The quantitative estimate of drug-likeness (QED) is 0.177. The van der Waals surface area contributed by atoms with Crippen molar-refractivity contribution in [3.05, 3.63) is 182 Å². The fourth-order valence-electron chi connectivity index (χ4n) is 8.19. The second kappa shape index (κ2) is 11.0. The number of nitrogens with zero attached hydrogens (tertiary/aromatic N) is 2. The van der Waals surface area contributed by atoms with Crippen molar-refractivity contribution >= 4 is 75.1 Å². The summed E-state index contributed by atoms with van der Waals surface area (Å²) in [5.41, 5.74) is 12.2. The van der Waals surface area contributed by atoms with E-state index >= 15 is 0 Å². The summed E-state index contributed by atoms with van der Waals surface area (Å²) in [4.78, 5) is 0. The average Bonchev–Trinajstić information content (AvgIpc) is 3.85. The molecule has 0 unspecified atom stereocenters. The third-order valence-electron chi connectivity index (χ3n) is 10.5. The van der Waals surface area contributed by atoms with E-state index in [1.54, 1.807) is 0 Å². The van der Waals surface area contributed by atoms with Crippen LogP contribution in [0.4, 0.5) is 0 Å². The molecule has 0 spiro atoms. The first kappa shape index (κ1) is 28.4. The number of thiophene rings is 1. The second-order valence-corrected chi connectivity index (χ2v) is 14.4. The molecule has 0 atom stereocenters. The van der Waals surface area contributed by atoms with Gasteiger partial charge in [0.2, 0.25) is 0 Å². The van der Waals surface area contributed by atoms with Gasteiger partial charge < -0.3 is 9.13 Å². The van der Waals surface area contributed by atoms with Crippen LogP contribution in [-0.2, 0) is 0 Å². The topological polar surface area (TPSA) is 9.86 Å². The number of rotatable bonds is 4. The highest BCUT2D eigenvalue weighted by molar-refractivity contribution is 7.26. The lowest BCUT2D eigenvalue weighted by Crippen LogP contribution is -1.94. The van der Waals surface area contributed by atoms with E-state index in [1.807, 2.05) is 11.3 Å². The zero-order valence-corrected chi connectivity index (χ0v) is 28.4. The van der Waals surface area contributed by atoms with E-state index in [1.165, 1.54) is 97.4 Å². The number of benzene rings is 8. The number of hydrogen-bond acceptors (Lipinski definition) is 1. The Hall–Kier alpha value is -6.42. The van der Waals surface area contributed by atoms with E-state index in [9.17, 15) is 0 Å². The third kappa shape index (κ3) is 4.29. The van der Waals surface area contributed by atoms with Crippen LogP contribution in [-0.4, -0.2) is 9.13 Å². The molecule has 3 heterocycles. The van der Waals surface area contributed by atoms with Gasteiger partial charge in [0.25, 0.3) is 0 Å². The minimum Gasteiger partial charge on any atom is -0.309 e. The molecule has 3 aromatic heterocycles. The summed E-state index contributed by atoms with van der Waals surface area (Å²) in [6, 6.07) is 66.4. The lowest BCUT2D eigenvalue weighted by Gasteiger charge is -2.10. The van der Waals surface area contributed by atoms with Gasteiger partial charge in [-0.25, -0.2) is 0 Å². The Morgan fingerprint density at radius 3 is 1.69 bits per heavy atom. The normalized spacial score (nSPS) is 11.9. The van der Waals surface area contributed by atoms with Crippen molar-refractivity contribution in [2.75, 3.05) is 0 Å². The van der Waals surface area contributed by atoms with Crippen molar-refractivity contribution in [3.8, 4) is 33.6 Å². The van der Waals surface area contributed by atoms with E-state index in [0.29, 0.717) is 0 Å². The molecule has 0 N–H and O–H groups in total. The van der Waals surface area contributed by atoms with Gasteiger partial charge >= 0.3 is 0 Å². The van der Waals surface area contributed by atoms with E-state index in [-0.39, 0.29) is 0 Å². The molecule has 2 nitrogen and oxygen atoms in total. The van der Waals surface area contributed by atoms with Crippen LogP contribution >= 0.6 is 11.3 Å². The standard InChI is InChI=1S/C48H30N2S/c1-3-12-31(13-4-1)33-22-24-35(25-23-33)49-42-20-9-7-18-37(42)40-30-46-41(29-45(40)49)38-26-27-44-47(48(38)51-46)39-19-8-10-21-43(39)50(44)36-17-11-16-34(28-36)32-14-5-2-6-15-32/h1-30H. The molecule has 0 fully saturated rings. The minimum atomic E-state index is 1.17. The van der Waals surface area contributed by atoms with Gasteiger partial charge in [-0.1, -0.05) is 127 Å². The maximum absolute atomic E-state index is 2.44. The number of fused-ring (bicyclic) bond motifs is 10. The van der Waals surface area contributed by atoms with Crippen molar-refractivity contribution in [1.82, 2.24) is 9.13 Å². The van der Waals surface area contributed by atoms with Crippen LogP contribution in [0.5, 0.6) is 0 Å². The Kier molecular flexibility index (Phi) is 6.16. The predicted octanol–water partition coefficient (Wildman–Crippen LogP) is 13.6. The molecule has 0 saturated carbocycles. The van der Waals surface area contributed by atoms with Crippen LogP contribution in [0.1, 0.15) is 0 Å². The van der Waals surface area contributed by atoms with Crippen LogP contribution in [0.25, 0.3) is 97.4 Å². The SMILES string of the molecule is c1ccc(-c2ccc(-n3c4ccccc4c4cc5sc6c(ccc7c6c6ccccc6n7-c6cccc(-c7ccccc7)c6)c5cc43)cc2)cc1. The molecule has 3 heteroatoms. The molecule has 51 heavy (non-hydrogen) atoms. The molecule has 0 aliphatic heterocycles. The van der Waals surface area contributed by atoms with Gasteiger partial charge in [-0.2, -0.15) is 0 Å². The largest absolute Gasteiger partial charge is 0.309 e. The molecule has 238 valence electrons. The molecule has 0 saturated heterocycles. The second-order valence-electron chi connectivity index (χ2n) is 13.3. The molecule has 8 aromatic carbocycles. The van der Waals surface area contributed by atoms with E-state index < -0.39 is 0 Å². The average molecular weight is 667 g/mol. The smallest absolute Gasteiger partial charge is 0.0555 e. The van der Waals surface area contributed by atoms with Crippen LogP contribution < -0.4 is 0 Å². The Balaban J connectivity index is 1.15. The van der Waals surface area contributed by atoms with Gasteiger partial charge in [0.1, 0.15) is 0 Å². The Morgan fingerprint density at radius 2 is 0.922 bits per heavy atom. The van der Waals surface area contributed by atoms with E-state index in [2.05, 4.69) is 191 Å². The van der Waals surface area contributed by atoms with Crippen molar-refractivity contribution in [2.45, 2.75) is 0 Å². The van der Waals surface area contributed by atoms with Gasteiger partial charge in [0.15, 0.2) is 0 Å². The van der Waals surface area contributed by atoms with Crippen LogP contribution in [0.2, 0.25) is 0 Å². The number of aromatic nitrogens is 2.